The lowest BCUT2D eigenvalue weighted by Gasteiger charge is -2.25. The molecule has 1 aliphatic heterocycles. The molecular formula is C13H28N2O4S. The first kappa shape index (κ1) is 17.8. The molecule has 0 aromatic heterocycles. The highest BCUT2D eigenvalue weighted by Gasteiger charge is 2.35. The second-order valence-electron chi connectivity index (χ2n) is 5.65. The molecule has 1 unspecified atom stereocenters. The normalized spacial score (nSPS) is 23.6. The van der Waals surface area contributed by atoms with Gasteiger partial charge >= 0.3 is 0 Å². The van der Waals surface area contributed by atoms with E-state index >= 15 is 0 Å². The van der Waals surface area contributed by atoms with Gasteiger partial charge in [0.2, 0.25) is 10.0 Å². The minimum absolute atomic E-state index is 0.160. The van der Waals surface area contributed by atoms with Crippen molar-refractivity contribution >= 4 is 10.0 Å². The van der Waals surface area contributed by atoms with Gasteiger partial charge in [-0.2, -0.15) is 0 Å². The molecule has 1 fully saturated rings. The average Bonchev–Trinajstić information content (AvgIpc) is 2.85. The lowest BCUT2D eigenvalue weighted by Crippen LogP contribution is -2.45. The number of methoxy groups -OCH3 is 1. The summed E-state index contributed by atoms with van der Waals surface area (Å²) in [4.78, 5) is 0. The molecule has 0 saturated carbocycles. The van der Waals surface area contributed by atoms with Crippen LogP contribution < -0.4 is 10.0 Å². The molecular weight excluding hydrogens is 280 g/mol. The second-order valence-corrected chi connectivity index (χ2v) is 7.57. The molecule has 1 rings (SSSR count). The first-order valence-electron chi connectivity index (χ1n) is 7.23. The average molecular weight is 308 g/mol. The molecule has 0 bridgehead atoms. The van der Waals surface area contributed by atoms with E-state index in [1.165, 1.54) is 0 Å². The third kappa shape index (κ3) is 6.49. The molecule has 0 spiro atoms. The SMILES string of the molecule is COC1(CNS(=O)(=O)CCCCNC(C)C)CCOC1. The van der Waals surface area contributed by atoms with E-state index in [1.807, 2.05) is 0 Å². The van der Waals surface area contributed by atoms with Crippen LogP contribution in [0.25, 0.3) is 0 Å². The van der Waals surface area contributed by atoms with E-state index in [0.717, 1.165) is 19.4 Å². The van der Waals surface area contributed by atoms with Crippen molar-refractivity contribution in [3.05, 3.63) is 0 Å². The monoisotopic (exact) mass is 308 g/mol. The Kier molecular flexibility index (Phi) is 7.39. The van der Waals surface area contributed by atoms with Gasteiger partial charge in [0.15, 0.2) is 0 Å². The third-order valence-electron chi connectivity index (χ3n) is 3.51. The summed E-state index contributed by atoms with van der Waals surface area (Å²) in [7, 11) is -1.63. The van der Waals surface area contributed by atoms with Gasteiger partial charge in [0.1, 0.15) is 5.60 Å². The zero-order valence-corrected chi connectivity index (χ0v) is 13.6. The molecule has 1 aliphatic rings. The maximum Gasteiger partial charge on any atom is 0.211 e. The number of sulfonamides is 1. The minimum atomic E-state index is -3.23. The Hall–Kier alpha value is -0.210. The Morgan fingerprint density at radius 1 is 1.35 bits per heavy atom. The Morgan fingerprint density at radius 3 is 2.65 bits per heavy atom. The molecule has 1 saturated heterocycles. The maximum atomic E-state index is 11.9. The third-order valence-corrected chi connectivity index (χ3v) is 4.92. The van der Waals surface area contributed by atoms with Crippen LogP contribution in [0.15, 0.2) is 0 Å². The van der Waals surface area contributed by atoms with Gasteiger partial charge in [-0.25, -0.2) is 13.1 Å². The fourth-order valence-corrected chi connectivity index (χ4v) is 3.29. The van der Waals surface area contributed by atoms with Crippen molar-refractivity contribution in [1.29, 1.82) is 0 Å². The predicted molar refractivity (Wildman–Crippen MR) is 79.3 cm³/mol. The first-order valence-corrected chi connectivity index (χ1v) is 8.88. The predicted octanol–water partition coefficient (Wildman–Crippen LogP) is 0.490. The number of unbranched alkanes of at least 4 members (excludes halogenated alkanes) is 1. The summed E-state index contributed by atoms with van der Waals surface area (Å²) in [6, 6.07) is 0.439. The molecule has 0 aromatic rings. The standard InChI is InChI=1S/C13H28N2O4S/c1-12(2)14-7-4-5-9-20(16,17)15-10-13(18-3)6-8-19-11-13/h12,14-15H,4-11H2,1-3H3. The fraction of sp³-hybridized carbons (Fsp3) is 1.00. The maximum absolute atomic E-state index is 11.9. The summed E-state index contributed by atoms with van der Waals surface area (Å²) in [6.07, 6.45) is 2.24. The molecule has 0 aliphatic carbocycles. The van der Waals surface area contributed by atoms with Crippen molar-refractivity contribution in [2.45, 2.75) is 44.8 Å². The highest BCUT2D eigenvalue weighted by molar-refractivity contribution is 7.89. The molecule has 120 valence electrons. The zero-order chi connectivity index (χ0) is 15.1. The van der Waals surface area contributed by atoms with Crippen LogP contribution in [-0.2, 0) is 19.5 Å². The molecule has 20 heavy (non-hydrogen) atoms. The minimum Gasteiger partial charge on any atom is -0.378 e. The Bertz CT molecular complexity index is 365. The largest absolute Gasteiger partial charge is 0.378 e. The van der Waals surface area contributed by atoms with Gasteiger partial charge in [-0.3, -0.25) is 0 Å². The van der Waals surface area contributed by atoms with E-state index < -0.39 is 15.6 Å². The molecule has 1 atom stereocenters. The van der Waals surface area contributed by atoms with Crippen molar-refractivity contribution in [3.8, 4) is 0 Å². The molecule has 0 amide bonds. The van der Waals surface area contributed by atoms with Gasteiger partial charge < -0.3 is 14.8 Å². The van der Waals surface area contributed by atoms with Crippen LogP contribution in [0, 0.1) is 0 Å². The summed E-state index contributed by atoms with van der Waals surface area (Å²) >= 11 is 0. The molecule has 0 radical (unpaired) electrons. The van der Waals surface area contributed by atoms with Gasteiger partial charge in [-0.05, 0) is 19.4 Å². The lowest BCUT2D eigenvalue weighted by molar-refractivity contribution is -0.0120. The van der Waals surface area contributed by atoms with Crippen molar-refractivity contribution in [3.63, 3.8) is 0 Å². The van der Waals surface area contributed by atoms with Gasteiger partial charge in [-0.15, -0.1) is 0 Å². The van der Waals surface area contributed by atoms with E-state index in [1.54, 1.807) is 7.11 Å². The van der Waals surface area contributed by atoms with Gasteiger partial charge in [-0.1, -0.05) is 13.8 Å². The van der Waals surface area contributed by atoms with E-state index in [0.29, 0.717) is 25.7 Å². The number of hydrogen-bond donors (Lipinski definition) is 2. The van der Waals surface area contributed by atoms with Gasteiger partial charge in [0.25, 0.3) is 0 Å². The lowest BCUT2D eigenvalue weighted by atomic mass is 10.0. The number of ether oxygens (including phenoxy) is 2. The van der Waals surface area contributed by atoms with Crippen LogP contribution in [0.5, 0.6) is 0 Å². The number of rotatable bonds is 10. The Morgan fingerprint density at radius 2 is 2.10 bits per heavy atom. The van der Waals surface area contributed by atoms with E-state index in [2.05, 4.69) is 23.9 Å². The van der Waals surface area contributed by atoms with Crippen LogP contribution in [0.3, 0.4) is 0 Å². The highest BCUT2D eigenvalue weighted by atomic mass is 32.2. The number of hydrogen-bond acceptors (Lipinski definition) is 5. The molecule has 0 aromatic carbocycles. The topological polar surface area (TPSA) is 76.7 Å². The van der Waals surface area contributed by atoms with Crippen molar-refractivity contribution in [2.24, 2.45) is 0 Å². The summed E-state index contributed by atoms with van der Waals surface area (Å²) in [5.74, 6) is 0.160. The first-order chi connectivity index (χ1) is 9.39. The smallest absolute Gasteiger partial charge is 0.211 e. The van der Waals surface area contributed by atoms with Gasteiger partial charge in [0.05, 0.1) is 12.4 Å². The Labute approximate surface area is 122 Å². The van der Waals surface area contributed by atoms with Crippen molar-refractivity contribution < 1.29 is 17.9 Å². The van der Waals surface area contributed by atoms with Crippen molar-refractivity contribution in [2.75, 3.05) is 39.2 Å². The van der Waals surface area contributed by atoms with Crippen LogP contribution >= 0.6 is 0 Å². The van der Waals surface area contributed by atoms with Crippen LogP contribution in [0.1, 0.15) is 33.1 Å². The van der Waals surface area contributed by atoms with Crippen LogP contribution in [-0.4, -0.2) is 59.2 Å². The van der Waals surface area contributed by atoms with E-state index in [4.69, 9.17) is 9.47 Å². The van der Waals surface area contributed by atoms with Gasteiger partial charge in [0, 0.05) is 32.7 Å². The van der Waals surface area contributed by atoms with Crippen molar-refractivity contribution in [1.82, 2.24) is 10.0 Å². The zero-order valence-electron chi connectivity index (χ0n) is 12.8. The van der Waals surface area contributed by atoms with E-state index in [-0.39, 0.29) is 12.3 Å². The van der Waals surface area contributed by atoms with Crippen LogP contribution in [0.2, 0.25) is 0 Å². The summed E-state index contributed by atoms with van der Waals surface area (Å²) < 4.78 is 37.2. The van der Waals surface area contributed by atoms with E-state index in [9.17, 15) is 8.42 Å². The molecule has 2 N–H and O–H groups in total. The summed E-state index contributed by atoms with van der Waals surface area (Å²) in [5, 5.41) is 3.27. The molecule has 1 heterocycles. The number of nitrogens with one attached hydrogen (secondary N) is 2. The molecule has 6 nitrogen and oxygen atoms in total. The van der Waals surface area contributed by atoms with Crippen LogP contribution in [0.4, 0.5) is 0 Å². The summed E-state index contributed by atoms with van der Waals surface area (Å²) in [6.45, 7) is 6.36. The summed E-state index contributed by atoms with van der Waals surface area (Å²) in [5.41, 5.74) is -0.494. The fourth-order valence-electron chi connectivity index (χ4n) is 2.08. The molecule has 7 heteroatoms. The quantitative estimate of drug-likeness (QED) is 0.574. The highest BCUT2D eigenvalue weighted by Crippen LogP contribution is 2.21. The Balaban J connectivity index is 2.24. The second kappa shape index (κ2) is 8.29.